The van der Waals surface area contributed by atoms with Crippen molar-refractivity contribution < 1.29 is 4.79 Å². The molecule has 1 aliphatic heterocycles. The van der Waals surface area contributed by atoms with E-state index in [0.717, 1.165) is 8.66 Å². The van der Waals surface area contributed by atoms with E-state index in [9.17, 15) is 4.79 Å². The summed E-state index contributed by atoms with van der Waals surface area (Å²) in [4.78, 5) is 12.8. The first kappa shape index (κ1) is 17.2. The smallest absolute Gasteiger partial charge is 0.268 e. The molecule has 0 N–H and O–H groups in total. The van der Waals surface area contributed by atoms with Crippen molar-refractivity contribution in [3.05, 3.63) is 49.0 Å². The summed E-state index contributed by atoms with van der Waals surface area (Å²) in [5.41, 5.74) is 1.01. The zero-order valence-corrected chi connectivity index (χ0v) is 16.4. The van der Waals surface area contributed by atoms with Crippen LogP contribution in [0.3, 0.4) is 0 Å². The van der Waals surface area contributed by atoms with Gasteiger partial charge in [0.15, 0.2) is 0 Å². The van der Waals surface area contributed by atoms with Gasteiger partial charge in [0.05, 0.1) is 20.5 Å². The van der Waals surface area contributed by atoms with Crippen molar-refractivity contribution in [2.24, 2.45) is 11.0 Å². The van der Waals surface area contributed by atoms with Gasteiger partial charge >= 0.3 is 0 Å². The van der Waals surface area contributed by atoms with E-state index in [1.165, 1.54) is 0 Å². The first-order valence-corrected chi connectivity index (χ1v) is 9.40. The summed E-state index contributed by atoms with van der Waals surface area (Å²) in [6.07, 6.45) is 0. The van der Waals surface area contributed by atoms with Gasteiger partial charge in [0.1, 0.15) is 5.71 Å². The van der Waals surface area contributed by atoms with Crippen molar-refractivity contribution in [3.8, 4) is 0 Å². The van der Waals surface area contributed by atoms with Crippen molar-refractivity contribution in [1.82, 2.24) is 0 Å². The lowest BCUT2D eigenvalue weighted by molar-refractivity contribution is -0.106. The highest BCUT2D eigenvalue weighted by molar-refractivity contribution is 9.11. The minimum absolute atomic E-state index is 0.150. The Hall–Kier alpha value is -0.590. The Morgan fingerprint density at radius 2 is 2.04 bits per heavy atom. The van der Waals surface area contributed by atoms with Gasteiger partial charge in [-0.25, -0.2) is 0 Å². The van der Waals surface area contributed by atoms with Gasteiger partial charge in [-0.2, -0.15) is 5.10 Å². The van der Waals surface area contributed by atoms with Gasteiger partial charge in [-0.05, 0) is 57.9 Å². The highest BCUT2D eigenvalue weighted by Crippen LogP contribution is 2.45. The molecule has 0 saturated carbocycles. The molecular formula is C15H10BrCl3N2OS. The predicted molar refractivity (Wildman–Crippen MR) is 101 cm³/mol. The fraction of sp³-hybridized carbons (Fsp3) is 0.200. The molecule has 0 spiro atoms. The van der Waals surface area contributed by atoms with E-state index in [4.69, 9.17) is 34.8 Å². The number of rotatable bonds is 3. The maximum absolute atomic E-state index is 11.7. The van der Waals surface area contributed by atoms with Gasteiger partial charge in [-0.15, -0.1) is 11.3 Å². The molecule has 120 valence electrons. The van der Waals surface area contributed by atoms with E-state index in [2.05, 4.69) is 21.0 Å². The van der Waals surface area contributed by atoms with Crippen molar-refractivity contribution >= 4 is 78.7 Å². The summed E-state index contributed by atoms with van der Waals surface area (Å²) in [5.74, 6) is -0.155. The number of nitrogens with zero attached hydrogens (tertiary/aromatic N) is 2. The van der Waals surface area contributed by atoms with Crippen LogP contribution in [0.15, 0.2) is 39.2 Å². The zero-order chi connectivity index (χ0) is 16.7. The van der Waals surface area contributed by atoms with Gasteiger partial charge < -0.3 is 0 Å². The minimum Gasteiger partial charge on any atom is -0.274 e. The summed E-state index contributed by atoms with van der Waals surface area (Å²) < 4.78 is 1.01. The average Bonchev–Trinajstić information content (AvgIpc) is 3.02. The quantitative estimate of drug-likeness (QED) is 0.524. The third-order valence-electron chi connectivity index (χ3n) is 3.63. The maximum atomic E-state index is 11.7. The second-order valence-corrected chi connectivity index (χ2v) is 8.76. The van der Waals surface area contributed by atoms with E-state index in [1.54, 1.807) is 34.5 Å². The van der Waals surface area contributed by atoms with E-state index in [-0.39, 0.29) is 12.0 Å². The molecule has 0 radical (unpaired) electrons. The van der Waals surface area contributed by atoms with E-state index in [0.29, 0.717) is 21.4 Å². The van der Waals surface area contributed by atoms with Gasteiger partial charge in [0.2, 0.25) is 0 Å². The number of carbonyl (C=O) groups is 1. The van der Waals surface area contributed by atoms with E-state index in [1.807, 2.05) is 19.1 Å². The number of anilines is 1. The second-order valence-electron chi connectivity index (χ2n) is 5.07. The second kappa shape index (κ2) is 6.73. The maximum Gasteiger partial charge on any atom is 0.268 e. The number of hydrazone groups is 1. The van der Waals surface area contributed by atoms with Crippen LogP contribution in [-0.2, 0) is 4.79 Å². The Bertz CT molecular complexity index is 808. The number of carbonyl (C=O) groups excluding carboxylic acids is 1. The summed E-state index contributed by atoms with van der Waals surface area (Å²) in [5, 5.41) is 6.64. The zero-order valence-electron chi connectivity index (χ0n) is 11.8. The molecule has 2 heterocycles. The van der Waals surface area contributed by atoms with Crippen LogP contribution in [0.5, 0.6) is 0 Å². The normalized spacial score (nSPS) is 20.7. The highest BCUT2D eigenvalue weighted by atomic mass is 79.9. The predicted octanol–water partition coefficient (Wildman–Crippen LogP) is 6.14. The number of thiophene rings is 1. The summed E-state index contributed by atoms with van der Waals surface area (Å²) in [7, 11) is 0. The lowest BCUT2D eigenvalue weighted by Gasteiger charge is -2.26. The Morgan fingerprint density at radius 3 is 2.61 bits per heavy atom. The van der Waals surface area contributed by atoms with Gasteiger partial charge in [-0.1, -0.05) is 30.1 Å². The molecule has 8 heteroatoms. The first-order valence-electron chi connectivity index (χ1n) is 6.66. The number of halogens is 4. The molecule has 3 nitrogen and oxygen atoms in total. The van der Waals surface area contributed by atoms with Crippen LogP contribution in [0, 0.1) is 5.92 Å². The Balaban J connectivity index is 2.11. The molecule has 1 aromatic carbocycles. The Morgan fingerprint density at radius 1 is 1.30 bits per heavy atom. The molecular weight excluding hydrogens is 443 g/mol. The summed E-state index contributed by atoms with van der Waals surface area (Å²) in [6.45, 7) is 1.93. The minimum atomic E-state index is -0.550. The standard InChI is InChI=1S/C15H10BrCl3N2OS/c1-7-13(15(19)22)20-21(10-3-2-8(17)6-9(10)18)14(7)11-4-5-12(16)23-11/h2-7,14H,1H3. The number of benzene rings is 1. The monoisotopic (exact) mass is 450 g/mol. The molecule has 0 aliphatic carbocycles. The summed E-state index contributed by atoms with van der Waals surface area (Å²) >= 11 is 23.0. The molecule has 3 rings (SSSR count). The number of hydrogen-bond donors (Lipinski definition) is 0. The molecule has 0 bridgehead atoms. The van der Waals surface area contributed by atoms with Gasteiger partial charge in [0, 0.05) is 15.8 Å². The highest BCUT2D eigenvalue weighted by Gasteiger charge is 2.40. The summed E-state index contributed by atoms with van der Waals surface area (Å²) in [6, 6.07) is 9.00. The van der Waals surface area contributed by atoms with Crippen molar-refractivity contribution in [2.75, 3.05) is 5.01 Å². The van der Waals surface area contributed by atoms with Crippen molar-refractivity contribution in [3.63, 3.8) is 0 Å². The lowest BCUT2D eigenvalue weighted by Crippen LogP contribution is -2.24. The fourth-order valence-corrected chi connectivity index (χ4v) is 4.89. The van der Waals surface area contributed by atoms with Crippen molar-refractivity contribution in [1.29, 1.82) is 0 Å². The van der Waals surface area contributed by atoms with Gasteiger partial charge in [0.25, 0.3) is 5.24 Å². The molecule has 0 amide bonds. The van der Waals surface area contributed by atoms with E-state index < -0.39 is 5.24 Å². The fourth-order valence-electron chi connectivity index (χ4n) is 2.57. The molecule has 0 saturated heterocycles. The first-order chi connectivity index (χ1) is 10.9. The topological polar surface area (TPSA) is 32.7 Å². The molecule has 23 heavy (non-hydrogen) atoms. The lowest BCUT2D eigenvalue weighted by atomic mass is 9.96. The third kappa shape index (κ3) is 3.30. The number of hydrogen-bond acceptors (Lipinski definition) is 4. The molecule has 1 aromatic heterocycles. The largest absolute Gasteiger partial charge is 0.274 e. The molecule has 2 aromatic rings. The molecule has 2 unspecified atom stereocenters. The van der Waals surface area contributed by atoms with Crippen LogP contribution in [-0.4, -0.2) is 11.0 Å². The molecule has 0 fully saturated rings. The third-order valence-corrected chi connectivity index (χ3v) is 6.05. The van der Waals surface area contributed by atoms with Crippen LogP contribution >= 0.6 is 62.1 Å². The van der Waals surface area contributed by atoms with Crippen LogP contribution < -0.4 is 5.01 Å². The van der Waals surface area contributed by atoms with E-state index >= 15 is 0 Å². The molecule has 1 aliphatic rings. The Kier molecular flexibility index (Phi) is 5.04. The van der Waals surface area contributed by atoms with Crippen molar-refractivity contribution in [2.45, 2.75) is 13.0 Å². The van der Waals surface area contributed by atoms with Crippen LogP contribution in [0.4, 0.5) is 5.69 Å². The van der Waals surface area contributed by atoms with Crippen LogP contribution in [0.1, 0.15) is 17.8 Å². The average molecular weight is 453 g/mol. The SMILES string of the molecule is CC1C(C(=O)Cl)=NN(c2ccc(Cl)cc2Cl)C1c1ccc(Br)s1. The van der Waals surface area contributed by atoms with Crippen LogP contribution in [0.25, 0.3) is 0 Å². The van der Waals surface area contributed by atoms with Gasteiger partial charge in [-0.3, -0.25) is 9.80 Å². The van der Waals surface area contributed by atoms with Crippen LogP contribution in [0.2, 0.25) is 10.0 Å². The molecule has 2 atom stereocenters. The Labute approximate surface area is 161 Å².